The van der Waals surface area contributed by atoms with Crippen LogP contribution in [0.3, 0.4) is 0 Å². The molecule has 6 heteroatoms. The van der Waals surface area contributed by atoms with E-state index in [0.29, 0.717) is 6.54 Å². The zero-order chi connectivity index (χ0) is 11.5. The van der Waals surface area contributed by atoms with Gasteiger partial charge in [-0.2, -0.15) is 0 Å². The van der Waals surface area contributed by atoms with Crippen LogP contribution in [-0.4, -0.2) is 4.98 Å². The highest BCUT2D eigenvalue weighted by Gasteiger charge is 2.09. The Bertz CT molecular complexity index is 485. The van der Waals surface area contributed by atoms with E-state index in [9.17, 15) is 8.78 Å². The standard InChI is InChI=1S/C10H9F2N3S/c11-7-4-8(12)10(15-9(7)13)14-5-6-2-1-3-16-6/h1-4H,5H2,(H3,13,14,15). The lowest BCUT2D eigenvalue weighted by atomic mass is 10.4. The van der Waals surface area contributed by atoms with Gasteiger partial charge in [0.15, 0.2) is 23.3 Å². The first-order valence-corrected chi connectivity index (χ1v) is 5.42. The molecule has 0 aromatic carbocycles. The molecule has 3 N–H and O–H groups in total. The van der Waals surface area contributed by atoms with Gasteiger partial charge in [-0.05, 0) is 11.4 Å². The van der Waals surface area contributed by atoms with Crippen molar-refractivity contribution in [2.24, 2.45) is 0 Å². The van der Waals surface area contributed by atoms with Crippen LogP contribution in [-0.2, 0) is 6.54 Å². The molecule has 0 saturated heterocycles. The number of nitrogens with zero attached hydrogens (tertiary/aromatic N) is 1. The molecule has 0 bridgehead atoms. The maximum absolute atomic E-state index is 13.2. The Hall–Kier alpha value is -1.69. The average Bonchev–Trinajstić information content (AvgIpc) is 2.74. The van der Waals surface area contributed by atoms with E-state index >= 15 is 0 Å². The van der Waals surface area contributed by atoms with E-state index in [4.69, 9.17) is 5.73 Å². The molecule has 0 spiro atoms. The summed E-state index contributed by atoms with van der Waals surface area (Å²) in [6.45, 7) is 0.437. The van der Waals surface area contributed by atoms with E-state index in [1.807, 2.05) is 17.5 Å². The molecule has 2 rings (SSSR count). The van der Waals surface area contributed by atoms with Crippen LogP contribution in [0.4, 0.5) is 20.4 Å². The van der Waals surface area contributed by atoms with Crippen LogP contribution >= 0.6 is 11.3 Å². The molecule has 2 aromatic heterocycles. The SMILES string of the molecule is Nc1nc(NCc2cccs2)c(F)cc1F. The van der Waals surface area contributed by atoms with Crippen molar-refractivity contribution in [1.82, 2.24) is 4.98 Å². The highest BCUT2D eigenvalue weighted by atomic mass is 32.1. The van der Waals surface area contributed by atoms with E-state index in [-0.39, 0.29) is 11.6 Å². The monoisotopic (exact) mass is 241 g/mol. The topological polar surface area (TPSA) is 50.9 Å². The van der Waals surface area contributed by atoms with Crippen LogP contribution in [0.5, 0.6) is 0 Å². The molecule has 0 atom stereocenters. The van der Waals surface area contributed by atoms with Crippen molar-refractivity contribution in [3.8, 4) is 0 Å². The maximum atomic E-state index is 13.2. The molecule has 0 fully saturated rings. The number of pyridine rings is 1. The number of rotatable bonds is 3. The number of halogens is 2. The summed E-state index contributed by atoms with van der Waals surface area (Å²) >= 11 is 1.54. The Morgan fingerprint density at radius 3 is 2.88 bits per heavy atom. The van der Waals surface area contributed by atoms with Crippen molar-refractivity contribution in [2.45, 2.75) is 6.54 Å². The second kappa shape index (κ2) is 4.44. The highest BCUT2D eigenvalue weighted by molar-refractivity contribution is 7.09. The Labute approximate surface area is 94.9 Å². The smallest absolute Gasteiger partial charge is 0.168 e. The van der Waals surface area contributed by atoms with Gasteiger partial charge in [0.2, 0.25) is 0 Å². The molecule has 3 nitrogen and oxygen atoms in total. The van der Waals surface area contributed by atoms with Gasteiger partial charge in [0.25, 0.3) is 0 Å². The number of nitrogen functional groups attached to an aromatic ring is 1. The fourth-order valence-electron chi connectivity index (χ4n) is 1.19. The summed E-state index contributed by atoms with van der Waals surface area (Å²) in [6.07, 6.45) is 0. The highest BCUT2D eigenvalue weighted by Crippen LogP contribution is 2.18. The molecule has 2 aromatic rings. The van der Waals surface area contributed by atoms with E-state index in [1.54, 1.807) is 0 Å². The number of aromatic nitrogens is 1. The van der Waals surface area contributed by atoms with Crippen molar-refractivity contribution in [3.05, 3.63) is 40.1 Å². The first kappa shape index (κ1) is 10.8. The van der Waals surface area contributed by atoms with Crippen molar-refractivity contribution in [1.29, 1.82) is 0 Å². The summed E-state index contributed by atoms with van der Waals surface area (Å²) < 4.78 is 26.1. The van der Waals surface area contributed by atoms with E-state index in [1.165, 1.54) is 11.3 Å². The molecular formula is C10H9F2N3S. The lowest BCUT2D eigenvalue weighted by Gasteiger charge is -2.06. The molecule has 2 heterocycles. The molecule has 16 heavy (non-hydrogen) atoms. The van der Waals surface area contributed by atoms with Crippen LogP contribution in [0.25, 0.3) is 0 Å². The Morgan fingerprint density at radius 2 is 2.19 bits per heavy atom. The minimum absolute atomic E-state index is 0.0349. The van der Waals surface area contributed by atoms with Crippen molar-refractivity contribution < 1.29 is 8.78 Å². The molecule has 0 amide bonds. The van der Waals surface area contributed by atoms with E-state index in [2.05, 4.69) is 10.3 Å². The summed E-state index contributed by atoms with van der Waals surface area (Å²) in [4.78, 5) is 4.62. The summed E-state index contributed by atoms with van der Waals surface area (Å²) in [5, 5.41) is 4.68. The fourth-order valence-corrected chi connectivity index (χ4v) is 1.83. The second-order valence-corrected chi connectivity index (χ2v) is 4.15. The first-order chi connectivity index (χ1) is 7.66. The van der Waals surface area contributed by atoms with E-state index < -0.39 is 11.6 Å². The summed E-state index contributed by atoms with van der Waals surface area (Å²) in [5.74, 6) is -1.94. The van der Waals surface area contributed by atoms with Gasteiger partial charge >= 0.3 is 0 Å². The molecular weight excluding hydrogens is 232 g/mol. The average molecular weight is 241 g/mol. The van der Waals surface area contributed by atoms with Crippen LogP contribution in [0.15, 0.2) is 23.6 Å². The minimum Gasteiger partial charge on any atom is -0.381 e. The lowest BCUT2D eigenvalue weighted by Crippen LogP contribution is -2.06. The van der Waals surface area contributed by atoms with Gasteiger partial charge in [0.1, 0.15) is 0 Å². The second-order valence-electron chi connectivity index (χ2n) is 3.12. The Kier molecular flexibility index (Phi) is 3.00. The number of nitrogens with two attached hydrogens (primary N) is 1. The fraction of sp³-hybridized carbons (Fsp3) is 0.100. The number of hydrogen-bond acceptors (Lipinski definition) is 4. The molecule has 0 saturated carbocycles. The van der Waals surface area contributed by atoms with Gasteiger partial charge in [0, 0.05) is 10.9 Å². The third-order valence-electron chi connectivity index (χ3n) is 1.97. The normalized spacial score (nSPS) is 10.4. The van der Waals surface area contributed by atoms with Crippen LogP contribution in [0.2, 0.25) is 0 Å². The predicted octanol–water partition coefficient (Wildman–Crippen LogP) is 2.62. The number of thiophene rings is 1. The molecule has 0 aliphatic heterocycles. The first-order valence-electron chi connectivity index (χ1n) is 4.54. The van der Waals surface area contributed by atoms with E-state index in [0.717, 1.165) is 10.9 Å². The van der Waals surface area contributed by atoms with Crippen LogP contribution in [0, 0.1) is 11.6 Å². The van der Waals surface area contributed by atoms with Gasteiger partial charge in [-0.3, -0.25) is 0 Å². The Balaban J connectivity index is 2.12. The summed E-state index contributed by atoms with van der Waals surface area (Å²) in [6, 6.07) is 4.52. The van der Waals surface area contributed by atoms with Gasteiger partial charge < -0.3 is 11.1 Å². The quantitative estimate of drug-likeness (QED) is 0.868. The number of nitrogens with one attached hydrogen (secondary N) is 1. The van der Waals surface area contributed by atoms with Crippen LogP contribution in [0.1, 0.15) is 4.88 Å². The summed E-state index contributed by atoms with van der Waals surface area (Å²) in [7, 11) is 0. The molecule has 0 aliphatic carbocycles. The van der Waals surface area contributed by atoms with Gasteiger partial charge in [0.05, 0.1) is 6.54 Å². The van der Waals surface area contributed by atoms with Gasteiger partial charge in [-0.1, -0.05) is 6.07 Å². The Morgan fingerprint density at radius 1 is 1.38 bits per heavy atom. The predicted molar refractivity (Wildman–Crippen MR) is 60.2 cm³/mol. The van der Waals surface area contributed by atoms with Crippen LogP contribution < -0.4 is 11.1 Å². The zero-order valence-corrected chi connectivity index (χ0v) is 9.02. The van der Waals surface area contributed by atoms with Crippen molar-refractivity contribution in [3.63, 3.8) is 0 Å². The molecule has 0 unspecified atom stereocenters. The third kappa shape index (κ3) is 2.27. The molecule has 84 valence electrons. The van der Waals surface area contributed by atoms with Crippen molar-refractivity contribution >= 4 is 23.0 Å². The van der Waals surface area contributed by atoms with Crippen molar-refractivity contribution in [2.75, 3.05) is 11.1 Å². The van der Waals surface area contributed by atoms with Gasteiger partial charge in [-0.25, -0.2) is 13.8 Å². The summed E-state index contributed by atoms with van der Waals surface area (Å²) in [5.41, 5.74) is 5.25. The molecule has 0 aliphatic rings. The lowest BCUT2D eigenvalue weighted by molar-refractivity contribution is 0.579. The molecule has 0 radical (unpaired) electrons. The number of hydrogen-bond donors (Lipinski definition) is 2. The zero-order valence-electron chi connectivity index (χ0n) is 8.21. The third-order valence-corrected chi connectivity index (χ3v) is 2.84. The minimum atomic E-state index is -0.848. The maximum Gasteiger partial charge on any atom is 0.168 e. The van der Waals surface area contributed by atoms with Gasteiger partial charge in [-0.15, -0.1) is 11.3 Å². The number of anilines is 2. The largest absolute Gasteiger partial charge is 0.381 e.